The minimum absolute atomic E-state index is 0.558. The lowest BCUT2D eigenvalue weighted by atomic mass is 9.98. The predicted molar refractivity (Wildman–Crippen MR) is 97.4 cm³/mol. The third kappa shape index (κ3) is 3.88. The van der Waals surface area contributed by atoms with E-state index in [2.05, 4.69) is 49.4 Å². The lowest BCUT2D eigenvalue weighted by Gasteiger charge is -2.12. The highest BCUT2D eigenvalue weighted by Gasteiger charge is 2.08. The molecule has 1 heteroatoms. The number of hydrogen-bond acceptors (Lipinski definition) is 1. The Morgan fingerprint density at radius 3 is 2.43 bits per heavy atom. The van der Waals surface area contributed by atoms with Gasteiger partial charge in [0.05, 0.1) is 6.10 Å². The molecule has 1 atom stereocenters. The Morgan fingerprint density at radius 1 is 0.913 bits per heavy atom. The summed E-state index contributed by atoms with van der Waals surface area (Å²) in [5, 5.41) is 12.9. The lowest BCUT2D eigenvalue weighted by Crippen LogP contribution is -1.96. The van der Waals surface area contributed by atoms with Gasteiger partial charge in [-0.15, -0.1) is 0 Å². The monoisotopic (exact) mass is 302 g/mol. The number of aliphatic hydroxyl groups excluding tert-OH is 1. The van der Waals surface area contributed by atoms with Crippen molar-refractivity contribution in [2.75, 3.05) is 0 Å². The van der Waals surface area contributed by atoms with Crippen LogP contribution in [0.25, 0.3) is 10.8 Å². The number of rotatable bonds is 5. The van der Waals surface area contributed by atoms with E-state index in [0.717, 1.165) is 23.8 Å². The number of allylic oxidation sites excluding steroid dienone is 1. The average Bonchev–Trinajstić information content (AvgIpc) is 2.60. The second-order valence-corrected chi connectivity index (χ2v) is 6.01. The highest BCUT2D eigenvalue weighted by atomic mass is 16.3. The van der Waals surface area contributed by atoms with Gasteiger partial charge in [0.25, 0.3) is 0 Å². The number of aliphatic hydroxyl groups is 1. The summed E-state index contributed by atoms with van der Waals surface area (Å²) in [6.45, 7) is 2.09. The zero-order valence-corrected chi connectivity index (χ0v) is 13.4. The van der Waals surface area contributed by atoms with Crippen LogP contribution in [0.1, 0.15) is 30.6 Å². The molecule has 3 aromatic carbocycles. The fraction of sp³-hybridized carbons (Fsp3) is 0.182. The van der Waals surface area contributed by atoms with Crippen molar-refractivity contribution in [3.63, 3.8) is 0 Å². The summed E-state index contributed by atoms with van der Waals surface area (Å²) < 4.78 is 0. The van der Waals surface area contributed by atoms with Gasteiger partial charge in [-0.3, -0.25) is 0 Å². The van der Waals surface area contributed by atoms with E-state index in [1.807, 2.05) is 36.4 Å². The van der Waals surface area contributed by atoms with Crippen LogP contribution in [-0.2, 0) is 6.42 Å². The summed E-state index contributed by atoms with van der Waals surface area (Å²) in [4.78, 5) is 0. The van der Waals surface area contributed by atoms with E-state index >= 15 is 0 Å². The maximum atomic E-state index is 10.6. The standard InChI is InChI=1S/C22H22O/c1-17(14-15-18-8-3-2-4-9-18)16-22(23)21-13-7-11-19-10-5-6-12-20(19)21/h2-13,16,22-23H,14-15H2,1H3/b17-16+/t22-/m1/s1. The van der Waals surface area contributed by atoms with Crippen LogP contribution in [0.4, 0.5) is 0 Å². The molecule has 0 saturated heterocycles. The van der Waals surface area contributed by atoms with E-state index < -0.39 is 6.10 Å². The molecule has 0 bridgehead atoms. The third-order valence-electron chi connectivity index (χ3n) is 4.24. The molecule has 0 aliphatic heterocycles. The average molecular weight is 302 g/mol. The molecule has 0 saturated carbocycles. The molecule has 0 unspecified atom stereocenters. The van der Waals surface area contributed by atoms with Gasteiger partial charge in [0.15, 0.2) is 0 Å². The molecule has 1 N–H and O–H groups in total. The second kappa shape index (κ2) is 7.26. The van der Waals surface area contributed by atoms with Crippen molar-refractivity contribution in [2.45, 2.75) is 25.9 Å². The first-order valence-electron chi connectivity index (χ1n) is 8.11. The molecule has 0 aliphatic rings. The van der Waals surface area contributed by atoms with Crippen LogP contribution in [0, 0.1) is 0 Å². The van der Waals surface area contributed by atoms with Gasteiger partial charge in [-0.1, -0.05) is 84.4 Å². The van der Waals surface area contributed by atoms with Crippen LogP contribution in [0.15, 0.2) is 84.4 Å². The molecule has 3 aromatic rings. The summed E-state index contributed by atoms with van der Waals surface area (Å²) in [5.74, 6) is 0. The zero-order valence-electron chi connectivity index (χ0n) is 13.4. The SMILES string of the molecule is C/C(=C\[C@@H](O)c1cccc2ccccc12)CCc1ccccc1. The maximum absolute atomic E-state index is 10.6. The number of benzene rings is 3. The molecule has 0 spiro atoms. The molecule has 1 nitrogen and oxygen atoms in total. The largest absolute Gasteiger partial charge is 0.384 e. The van der Waals surface area contributed by atoms with Gasteiger partial charge >= 0.3 is 0 Å². The molecule has 0 amide bonds. The summed E-state index contributed by atoms with van der Waals surface area (Å²) >= 11 is 0. The second-order valence-electron chi connectivity index (χ2n) is 6.01. The quantitative estimate of drug-likeness (QED) is 0.621. The minimum atomic E-state index is -0.558. The highest BCUT2D eigenvalue weighted by Crippen LogP contribution is 2.26. The van der Waals surface area contributed by atoms with Crippen molar-refractivity contribution in [1.29, 1.82) is 0 Å². The fourth-order valence-corrected chi connectivity index (χ4v) is 2.94. The molecule has 23 heavy (non-hydrogen) atoms. The molecule has 3 rings (SSSR count). The molecule has 0 radical (unpaired) electrons. The van der Waals surface area contributed by atoms with Crippen LogP contribution in [-0.4, -0.2) is 5.11 Å². The van der Waals surface area contributed by atoms with Crippen molar-refractivity contribution >= 4 is 10.8 Å². The van der Waals surface area contributed by atoms with Crippen LogP contribution in [0.5, 0.6) is 0 Å². The van der Waals surface area contributed by atoms with Crippen LogP contribution >= 0.6 is 0 Å². The summed E-state index contributed by atoms with van der Waals surface area (Å²) in [6, 6.07) is 24.8. The van der Waals surface area contributed by atoms with E-state index in [1.165, 1.54) is 16.5 Å². The van der Waals surface area contributed by atoms with E-state index in [1.54, 1.807) is 0 Å². The number of hydrogen-bond donors (Lipinski definition) is 1. The molecule has 116 valence electrons. The van der Waals surface area contributed by atoms with E-state index in [-0.39, 0.29) is 0 Å². The molecular weight excluding hydrogens is 280 g/mol. The first-order chi connectivity index (χ1) is 11.2. The third-order valence-corrected chi connectivity index (χ3v) is 4.24. The van der Waals surface area contributed by atoms with Crippen molar-refractivity contribution in [2.24, 2.45) is 0 Å². The van der Waals surface area contributed by atoms with Gasteiger partial charge in [0, 0.05) is 0 Å². The predicted octanol–water partition coefficient (Wildman–Crippen LogP) is 5.45. The Balaban J connectivity index is 1.75. The van der Waals surface area contributed by atoms with Gasteiger partial charge in [-0.2, -0.15) is 0 Å². The Morgan fingerprint density at radius 2 is 1.61 bits per heavy atom. The lowest BCUT2D eigenvalue weighted by molar-refractivity contribution is 0.229. The molecular formula is C22H22O. The van der Waals surface area contributed by atoms with Gasteiger partial charge < -0.3 is 5.11 Å². The normalized spacial score (nSPS) is 13.2. The maximum Gasteiger partial charge on any atom is 0.0980 e. The molecule has 0 heterocycles. The van der Waals surface area contributed by atoms with Crippen LogP contribution in [0.2, 0.25) is 0 Å². The van der Waals surface area contributed by atoms with Gasteiger partial charge in [0.1, 0.15) is 0 Å². The van der Waals surface area contributed by atoms with E-state index in [9.17, 15) is 5.11 Å². The van der Waals surface area contributed by atoms with Gasteiger partial charge in [-0.25, -0.2) is 0 Å². The Hall–Kier alpha value is -2.38. The Labute approximate surface area is 137 Å². The topological polar surface area (TPSA) is 20.2 Å². The smallest absolute Gasteiger partial charge is 0.0980 e. The van der Waals surface area contributed by atoms with Crippen molar-refractivity contribution < 1.29 is 5.11 Å². The first-order valence-corrected chi connectivity index (χ1v) is 8.11. The summed E-state index contributed by atoms with van der Waals surface area (Å²) in [5.41, 5.74) is 3.52. The number of fused-ring (bicyclic) bond motifs is 1. The number of aryl methyl sites for hydroxylation is 1. The van der Waals surface area contributed by atoms with Crippen molar-refractivity contribution in [3.8, 4) is 0 Å². The molecule has 0 aliphatic carbocycles. The van der Waals surface area contributed by atoms with Crippen molar-refractivity contribution in [1.82, 2.24) is 0 Å². The summed E-state index contributed by atoms with van der Waals surface area (Å²) in [7, 11) is 0. The Bertz CT molecular complexity index is 797. The van der Waals surface area contributed by atoms with E-state index in [4.69, 9.17) is 0 Å². The van der Waals surface area contributed by atoms with Crippen molar-refractivity contribution in [3.05, 3.63) is 95.6 Å². The fourth-order valence-electron chi connectivity index (χ4n) is 2.94. The van der Waals surface area contributed by atoms with Gasteiger partial charge in [-0.05, 0) is 41.7 Å². The van der Waals surface area contributed by atoms with E-state index in [0.29, 0.717) is 0 Å². The van der Waals surface area contributed by atoms with Crippen LogP contribution in [0.3, 0.4) is 0 Å². The minimum Gasteiger partial charge on any atom is -0.384 e. The first kappa shape index (κ1) is 15.5. The van der Waals surface area contributed by atoms with Crippen LogP contribution < -0.4 is 0 Å². The highest BCUT2D eigenvalue weighted by molar-refractivity contribution is 5.86. The van der Waals surface area contributed by atoms with Gasteiger partial charge in [0.2, 0.25) is 0 Å². The molecule has 0 fully saturated rings. The summed E-state index contributed by atoms with van der Waals surface area (Å²) in [6.07, 6.45) is 3.39. The molecule has 0 aromatic heterocycles. The Kier molecular flexibility index (Phi) is 4.89. The zero-order chi connectivity index (χ0) is 16.1.